The summed E-state index contributed by atoms with van der Waals surface area (Å²) in [6, 6.07) is 0. The average Bonchev–Trinajstić information content (AvgIpc) is 3.29. The van der Waals surface area contributed by atoms with Crippen LogP contribution >= 0.6 is 0 Å². The van der Waals surface area contributed by atoms with Crippen LogP contribution in [0.1, 0.15) is 261 Å². The van der Waals surface area contributed by atoms with Crippen LogP contribution in [-0.2, 0) is 19.9 Å². The van der Waals surface area contributed by atoms with Gasteiger partial charge in [0.15, 0.2) is 0 Å². The molecule has 0 aliphatic rings. The van der Waals surface area contributed by atoms with Crippen LogP contribution in [-0.4, -0.2) is 128 Å². The molecule has 0 amide bonds. The van der Waals surface area contributed by atoms with E-state index in [9.17, 15) is 10.2 Å². The Labute approximate surface area is 406 Å². The van der Waals surface area contributed by atoms with Crippen LogP contribution in [0.25, 0.3) is 0 Å². The van der Waals surface area contributed by atoms with E-state index in [0.717, 1.165) is 87.4 Å². The third-order valence-electron chi connectivity index (χ3n) is 14.1. The van der Waals surface area contributed by atoms with Crippen LogP contribution in [0.2, 0.25) is 0 Å². The highest BCUT2D eigenvalue weighted by Crippen LogP contribution is 2.16. The van der Waals surface area contributed by atoms with Gasteiger partial charge in [-0.25, -0.2) is 0 Å². The van der Waals surface area contributed by atoms with Crippen molar-refractivity contribution in [3.63, 3.8) is 0 Å². The van der Waals surface area contributed by atoms with Gasteiger partial charge in [-0.3, -0.25) is 8.42 Å². The highest BCUT2D eigenvalue weighted by molar-refractivity contribution is 7.79. The first-order chi connectivity index (χ1) is 31.3. The molecule has 0 aromatic rings. The number of hydrogen-bond acceptors (Lipinski definition) is 8. The SMILES string of the molecule is CCCCCCCCCCCCCCCCCCOCC(O)C[N+](CC)(CC)CC.CCCCCCCCCCCCCCCCCCOCC(O)C[N+](CC)(CC)CC.O=S(=O)([O-])[O-]. The van der Waals surface area contributed by atoms with Gasteiger partial charge in [0, 0.05) is 23.6 Å². The maximum Gasteiger partial charge on any atom is 0.126 e. The molecule has 0 saturated heterocycles. The summed E-state index contributed by atoms with van der Waals surface area (Å²) in [6.07, 6.45) is 44.0. The molecule has 2 N–H and O–H groups in total. The summed E-state index contributed by atoms with van der Waals surface area (Å²) >= 11 is 0. The molecular weight excluding hydrogens is 837 g/mol. The Bertz CT molecular complexity index is 924. The van der Waals surface area contributed by atoms with Crippen LogP contribution < -0.4 is 0 Å². The van der Waals surface area contributed by atoms with Crippen molar-refractivity contribution in [2.45, 2.75) is 273 Å². The van der Waals surface area contributed by atoms with Crippen molar-refractivity contribution in [1.82, 2.24) is 0 Å². The van der Waals surface area contributed by atoms with Crippen molar-refractivity contribution in [2.24, 2.45) is 0 Å². The van der Waals surface area contributed by atoms with Crippen molar-refractivity contribution >= 4 is 10.4 Å². The number of likely N-dealkylation sites (N-methyl/N-ethyl adjacent to an activating group) is 2. The van der Waals surface area contributed by atoms with E-state index in [1.54, 1.807) is 0 Å². The lowest BCUT2D eigenvalue weighted by molar-refractivity contribution is -0.926. The fourth-order valence-corrected chi connectivity index (χ4v) is 9.06. The van der Waals surface area contributed by atoms with E-state index in [-0.39, 0.29) is 12.2 Å². The highest BCUT2D eigenvalue weighted by atomic mass is 32.3. The normalized spacial score (nSPS) is 13.0. The molecule has 0 aromatic carbocycles. The minimum absolute atomic E-state index is 0.328. The predicted octanol–water partition coefficient (Wildman–Crippen LogP) is 13.7. The van der Waals surface area contributed by atoms with E-state index >= 15 is 0 Å². The Morgan fingerprint density at radius 1 is 0.354 bits per heavy atom. The van der Waals surface area contributed by atoms with Gasteiger partial charge in [-0.1, -0.05) is 206 Å². The fraction of sp³-hybridized carbons (Fsp3) is 1.00. The first-order valence-corrected chi connectivity index (χ1v) is 29.5. The van der Waals surface area contributed by atoms with E-state index in [2.05, 4.69) is 55.4 Å². The molecule has 0 spiro atoms. The maximum atomic E-state index is 10.3. The summed E-state index contributed by atoms with van der Waals surface area (Å²) < 4.78 is 47.5. The third-order valence-corrected chi connectivity index (χ3v) is 14.1. The van der Waals surface area contributed by atoms with Crippen LogP contribution in [0, 0.1) is 0 Å². The van der Waals surface area contributed by atoms with E-state index in [0.29, 0.717) is 13.2 Å². The number of aliphatic hydroxyl groups is 2. The largest absolute Gasteiger partial charge is 0.759 e. The van der Waals surface area contributed by atoms with Crippen molar-refractivity contribution in [3.05, 3.63) is 0 Å². The fourth-order valence-electron chi connectivity index (χ4n) is 9.06. The number of aliphatic hydroxyl groups excluding tert-OH is 2. The molecule has 10 nitrogen and oxygen atoms in total. The van der Waals surface area contributed by atoms with Gasteiger partial charge in [0.25, 0.3) is 0 Å². The minimum atomic E-state index is -5.17. The lowest BCUT2D eigenvalue weighted by Gasteiger charge is -2.37. The summed E-state index contributed by atoms with van der Waals surface area (Å²) in [5, 5.41) is 20.5. The second-order valence-corrected chi connectivity index (χ2v) is 20.2. The van der Waals surface area contributed by atoms with E-state index < -0.39 is 10.4 Å². The summed E-state index contributed by atoms with van der Waals surface area (Å²) in [6.45, 7) is 28.7. The van der Waals surface area contributed by atoms with E-state index in [1.165, 1.54) is 193 Å². The van der Waals surface area contributed by atoms with Gasteiger partial charge in [0.2, 0.25) is 0 Å². The van der Waals surface area contributed by atoms with Crippen LogP contribution in [0.3, 0.4) is 0 Å². The Morgan fingerprint density at radius 2 is 0.523 bits per heavy atom. The Morgan fingerprint density at radius 3 is 0.692 bits per heavy atom. The maximum absolute atomic E-state index is 10.3. The molecule has 0 saturated carbocycles. The summed E-state index contributed by atoms with van der Waals surface area (Å²) in [5.41, 5.74) is 0. The number of rotatable bonds is 48. The molecule has 0 bridgehead atoms. The topological polar surface area (TPSA) is 139 Å². The second-order valence-electron chi connectivity index (χ2n) is 19.4. The monoisotopic (exact) mass is 953 g/mol. The Balaban J connectivity index is -0.00000107. The molecule has 2 unspecified atom stereocenters. The highest BCUT2D eigenvalue weighted by Gasteiger charge is 2.26. The zero-order valence-electron chi connectivity index (χ0n) is 44.9. The standard InChI is InChI=1S/2C27H58NO2.H2O4S/c2*1-5-9-10-11-12-13-14-15-16-17-18-19-20-21-22-23-24-30-26-27(29)25-28(6-2,7-3)8-4;1-5(2,3)4/h2*27,29H,5-26H2,1-4H3;(H2,1,2,3,4)/q2*+1;/p-2. The van der Waals surface area contributed by atoms with Crippen molar-refractivity contribution < 1.29 is 46.2 Å². The zero-order valence-corrected chi connectivity index (χ0v) is 45.7. The van der Waals surface area contributed by atoms with Gasteiger partial charge in [0.1, 0.15) is 25.3 Å². The lowest BCUT2D eigenvalue weighted by Crippen LogP contribution is -2.52. The van der Waals surface area contributed by atoms with Gasteiger partial charge in [-0.15, -0.1) is 0 Å². The predicted molar refractivity (Wildman–Crippen MR) is 277 cm³/mol. The molecule has 0 heterocycles. The van der Waals surface area contributed by atoms with Gasteiger partial charge in [0.05, 0.1) is 52.5 Å². The average molecular weight is 954 g/mol. The number of ether oxygens (including phenoxy) is 2. The lowest BCUT2D eigenvalue weighted by atomic mass is 10.0. The number of hydrogen-bond donors (Lipinski definition) is 2. The number of quaternary nitrogens is 2. The van der Waals surface area contributed by atoms with Gasteiger partial charge in [-0.05, 0) is 54.4 Å². The van der Waals surface area contributed by atoms with Crippen LogP contribution in [0.5, 0.6) is 0 Å². The molecule has 396 valence electrons. The molecule has 0 radical (unpaired) electrons. The molecule has 0 aliphatic heterocycles. The Kier molecular flexibility index (Phi) is 54.6. The van der Waals surface area contributed by atoms with Gasteiger partial charge in [-0.2, -0.15) is 0 Å². The summed E-state index contributed by atoms with van der Waals surface area (Å²) in [7, 11) is -5.17. The third kappa shape index (κ3) is 52.8. The molecule has 0 fully saturated rings. The van der Waals surface area contributed by atoms with Crippen molar-refractivity contribution in [3.8, 4) is 0 Å². The number of nitrogens with zero attached hydrogens (tertiary/aromatic N) is 2. The summed E-state index contributed by atoms with van der Waals surface area (Å²) in [4.78, 5) is 0. The molecule has 0 aromatic heterocycles. The molecule has 0 aliphatic carbocycles. The molecule has 65 heavy (non-hydrogen) atoms. The second kappa shape index (κ2) is 51.5. The summed E-state index contributed by atoms with van der Waals surface area (Å²) in [5.74, 6) is 0. The minimum Gasteiger partial charge on any atom is -0.759 e. The quantitative estimate of drug-likeness (QED) is 0.0266. The van der Waals surface area contributed by atoms with Crippen molar-refractivity contribution in [2.75, 3.05) is 78.8 Å². The molecule has 2 atom stereocenters. The van der Waals surface area contributed by atoms with Crippen LogP contribution in [0.4, 0.5) is 0 Å². The van der Waals surface area contributed by atoms with Gasteiger partial charge < -0.3 is 37.8 Å². The first kappa shape index (κ1) is 68.9. The molecule has 11 heteroatoms. The van der Waals surface area contributed by atoms with Crippen molar-refractivity contribution in [1.29, 1.82) is 0 Å². The zero-order chi connectivity index (χ0) is 49.2. The Hall–Kier alpha value is -0.370. The molecular formula is C54H116N2O8S. The first-order valence-electron chi connectivity index (χ1n) is 28.2. The van der Waals surface area contributed by atoms with Crippen LogP contribution in [0.15, 0.2) is 0 Å². The van der Waals surface area contributed by atoms with Gasteiger partial charge >= 0.3 is 0 Å². The number of unbranched alkanes of at least 4 members (excludes halogenated alkanes) is 30. The smallest absolute Gasteiger partial charge is 0.126 e. The van der Waals surface area contributed by atoms with E-state index in [1.807, 2.05) is 0 Å². The molecule has 0 rings (SSSR count). The van der Waals surface area contributed by atoms with E-state index in [4.69, 9.17) is 27.0 Å².